The fraction of sp³-hybridized carbons (Fsp3) is 0.100. The fourth-order valence-corrected chi connectivity index (χ4v) is 1.76. The summed E-state index contributed by atoms with van der Waals surface area (Å²) < 4.78 is 5.87. The van der Waals surface area contributed by atoms with E-state index in [-0.39, 0.29) is 0 Å². The molecule has 1 aromatic heterocycles. The third-order valence-corrected chi connectivity index (χ3v) is 3.21. The topological polar surface area (TPSA) is 22.1 Å². The van der Waals surface area contributed by atoms with Gasteiger partial charge in [-0.25, -0.2) is 4.98 Å². The van der Waals surface area contributed by atoms with Gasteiger partial charge in [0, 0.05) is 15.9 Å². The second kappa shape index (κ2) is 3.75. The molecule has 72 valence electrons. The molecule has 0 aliphatic rings. The zero-order chi connectivity index (χ0) is 10.1. The Morgan fingerprint density at radius 1 is 1.29 bits per heavy atom. The molecule has 0 saturated carbocycles. The van der Waals surface area contributed by atoms with Crippen molar-refractivity contribution in [1.29, 1.82) is 0 Å². The van der Waals surface area contributed by atoms with E-state index in [4.69, 9.17) is 16.3 Å². The molecule has 0 unspecified atom stereocenters. The summed E-state index contributed by atoms with van der Waals surface area (Å²) in [6.45, 7) is 0. The van der Waals surface area contributed by atoms with Crippen molar-refractivity contribution in [2.45, 2.75) is 0 Å². The lowest BCUT2D eigenvalue weighted by atomic mass is 10.2. The number of ether oxygens (including phenoxy) is 1. The van der Waals surface area contributed by atoms with Crippen LogP contribution in [0.1, 0.15) is 0 Å². The molecule has 2 nitrogen and oxygen atoms in total. The summed E-state index contributed by atoms with van der Waals surface area (Å²) in [6, 6.07) is 7.60. The lowest BCUT2D eigenvalue weighted by molar-refractivity contribution is 0.399. The summed E-state index contributed by atoms with van der Waals surface area (Å²) in [5, 5.41) is 1.61. The molecule has 2 aromatic rings. The Morgan fingerprint density at radius 3 is 2.71 bits per heavy atom. The van der Waals surface area contributed by atoms with Gasteiger partial charge in [0.25, 0.3) is 0 Å². The largest absolute Gasteiger partial charge is 0.481 e. The highest BCUT2D eigenvalue weighted by Gasteiger charge is 2.05. The zero-order valence-electron chi connectivity index (χ0n) is 7.42. The van der Waals surface area contributed by atoms with Crippen molar-refractivity contribution in [3.8, 4) is 5.88 Å². The molecule has 1 aromatic carbocycles. The summed E-state index contributed by atoms with van der Waals surface area (Å²) in [7, 11) is 1.58. The average molecular weight is 273 g/mol. The molecule has 2 rings (SSSR count). The molecule has 0 atom stereocenters. The molecule has 0 radical (unpaired) electrons. The Labute approximate surface area is 95.0 Å². The third kappa shape index (κ3) is 1.57. The van der Waals surface area contributed by atoms with Crippen LogP contribution in [0.15, 0.2) is 28.7 Å². The van der Waals surface area contributed by atoms with Crippen LogP contribution in [0, 0.1) is 0 Å². The van der Waals surface area contributed by atoms with Gasteiger partial charge in [-0.3, -0.25) is 0 Å². The maximum absolute atomic E-state index is 6.09. The summed E-state index contributed by atoms with van der Waals surface area (Å²) in [5.74, 6) is 0.567. The van der Waals surface area contributed by atoms with Gasteiger partial charge in [-0.2, -0.15) is 0 Å². The van der Waals surface area contributed by atoms with Crippen LogP contribution in [0.4, 0.5) is 0 Å². The minimum Gasteiger partial charge on any atom is -0.481 e. The first-order chi connectivity index (χ1) is 6.72. The molecule has 0 spiro atoms. The predicted molar refractivity (Wildman–Crippen MR) is 61.0 cm³/mol. The van der Waals surface area contributed by atoms with Crippen molar-refractivity contribution < 1.29 is 4.74 Å². The van der Waals surface area contributed by atoms with Crippen LogP contribution in [-0.4, -0.2) is 12.1 Å². The number of benzene rings is 1. The van der Waals surface area contributed by atoms with Crippen molar-refractivity contribution in [2.24, 2.45) is 0 Å². The molecular formula is C10H7BrClNO. The van der Waals surface area contributed by atoms with Crippen molar-refractivity contribution in [3.63, 3.8) is 0 Å². The molecule has 0 aliphatic carbocycles. The molecule has 0 fully saturated rings. The minimum atomic E-state index is 0.567. The lowest BCUT2D eigenvalue weighted by Crippen LogP contribution is -1.88. The van der Waals surface area contributed by atoms with Crippen LogP contribution in [-0.2, 0) is 0 Å². The summed E-state index contributed by atoms with van der Waals surface area (Å²) in [6.07, 6.45) is 0. The Balaban J connectivity index is 2.78. The Kier molecular flexibility index (Phi) is 2.61. The summed E-state index contributed by atoms with van der Waals surface area (Å²) >= 11 is 9.44. The van der Waals surface area contributed by atoms with Gasteiger partial charge in [0.1, 0.15) is 0 Å². The van der Waals surface area contributed by atoms with Crippen molar-refractivity contribution in [2.75, 3.05) is 7.11 Å². The Morgan fingerprint density at radius 2 is 2.00 bits per heavy atom. The van der Waals surface area contributed by atoms with E-state index in [0.29, 0.717) is 10.9 Å². The van der Waals surface area contributed by atoms with E-state index in [0.717, 1.165) is 15.4 Å². The summed E-state index contributed by atoms with van der Waals surface area (Å²) in [4.78, 5) is 4.27. The molecule has 0 N–H and O–H groups in total. The molecule has 0 amide bonds. The van der Waals surface area contributed by atoms with Crippen molar-refractivity contribution >= 4 is 38.4 Å². The van der Waals surface area contributed by atoms with E-state index >= 15 is 0 Å². The highest BCUT2D eigenvalue weighted by molar-refractivity contribution is 9.10. The number of rotatable bonds is 1. The quantitative estimate of drug-likeness (QED) is 0.790. The molecule has 14 heavy (non-hydrogen) atoms. The number of hydrogen-bond acceptors (Lipinski definition) is 2. The van der Waals surface area contributed by atoms with E-state index in [1.165, 1.54) is 0 Å². The van der Waals surface area contributed by atoms with Crippen LogP contribution in [0.3, 0.4) is 0 Å². The molecule has 0 bridgehead atoms. The van der Waals surface area contributed by atoms with Gasteiger partial charge in [-0.1, -0.05) is 17.7 Å². The van der Waals surface area contributed by atoms with Gasteiger partial charge in [0.05, 0.1) is 17.6 Å². The second-order valence-electron chi connectivity index (χ2n) is 2.79. The first kappa shape index (κ1) is 9.74. The fourth-order valence-electron chi connectivity index (χ4n) is 1.23. The number of aromatic nitrogens is 1. The molecule has 0 saturated heterocycles. The monoisotopic (exact) mass is 271 g/mol. The number of methoxy groups -OCH3 is 1. The maximum Gasteiger partial charge on any atom is 0.213 e. The van der Waals surface area contributed by atoms with Gasteiger partial charge < -0.3 is 4.74 Å². The standard InChI is InChI=1S/C10H7BrClNO/c1-14-8-5-3-6-2-4-7(11)9(12)10(6)13-8/h2-5H,1H3. The van der Waals surface area contributed by atoms with Crippen molar-refractivity contribution in [1.82, 2.24) is 4.98 Å². The SMILES string of the molecule is COc1ccc2ccc(Br)c(Cl)c2n1. The molecular weight excluding hydrogens is 265 g/mol. The van der Waals surface area contributed by atoms with E-state index in [9.17, 15) is 0 Å². The average Bonchev–Trinajstić information content (AvgIpc) is 2.23. The second-order valence-corrected chi connectivity index (χ2v) is 4.02. The van der Waals surface area contributed by atoms with E-state index in [1.54, 1.807) is 7.11 Å². The van der Waals surface area contributed by atoms with Gasteiger partial charge in [0.15, 0.2) is 0 Å². The number of nitrogens with zero attached hydrogens (tertiary/aromatic N) is 1. The maximum atomic E-state index is 6.09. The zero-order valence-corrected chi connectivity index (χ0v) is 9.76. The summed E-state index contributed by atoms with van der Waals surface area (Å²) in [5.41, 5.74) is 0.750. The van der Waals surface area contributed by atoms with Gasteiger partial charge in [0.2, 0.25) is 5.88 Å². The predicted octanol–water partition coefficient (Wildman–Crippen LogP) is 3.66. The van der Waals surface area contributed by atoms with Crippen LogP contribution < -0.4 is 4.74 Å². The number of hydrogen-bond donors (Lipinski definition) is 0. The van der Waals surface area contributed by atoms with E-state index in [1.807, 2.05) is 24.3 Å². The lowest BCUT2D eigenvalue weighted by Gasteiger charge is -2.04. The smallest absolute Gasteiger partial charge is 0.213 e. The highest BCUT2D eigenvalue weighted by atomic mass is 79.9. The Bertz CT molecular complexity index is 487. The van der Waals surface area contributed by atoms with Gasteiger partial charge in [-0.05, 0) is 28.1 Å². The molecule has 1 heterocycles. The number of pyridine rings is 1. The van der Waals surface area contributed by atoms with Crippen LogP contribution in [0.2, 0.25) is 5.02 Å². The molecule has 0 aliphatic heterocycles. The van der Waals surface area contributed by atoms with Crippen LogP contribution >= 0.6 is 27.5 Å². The highest BCUT2D eigenvalue weighted by Crippen LogP contribution is 2.30. The van der Waals surface area contributed by atoms with Crippen molar-refractivity contribution in [3.05, 3.63) is 33.8 Å². The third-order valence-electron chi connectivity index (χ3n) is 1.94. The van der Waals surface area contributed by atoms with Gasteiger partial charge in [-0.15, -0.1) is 0 Å². The number of fused-ring (bicyclic) bond motifs is 1. The Hall–Kier alpha value is -0.800. The molecule has 4 heteroatoms. The van der Waals surface area contributed by atoms with E-state index < -0.39 is 0 Å². The van der Waals surface area contributed by atoms with Crippen LogP contribution in [0.5, 0.6) is 5.88 Å². The number of halogens is 2. The first-order valence-electron chi connectivity index (χ1n) is 4.01. The minimum absolute atomic E-state index is 0.567. The normalized spacial score (nSPS) is 10.5. The van der Waals surface area contributed by atoms with E-state index in [2.05, 4.69) is 20.9 Å². The first-order valence-corrected chi connectivity index (χ1v) is 5.18. The van der Waals surface area contributed by atoms with Gasteiger partial charge >= 0.3 is 0 Å². The van der Waals surface area contributed by atoms with Crippen LogP contribution in [0.25, 0.3) is 10.9 Å².